The minimum absolute atomic E-state index is 0.00215. The van der Waals surface area contributed by atoms with E-state index in [0.717, 1.165) is 36.7 Å². The predicted molar refractivity (Wildman–Crippen MR) is 84.3 cm³/mol. The second-order valence-electron chi connectivity index (χ2n) is 5.35. The van der Waals surface area contributed by atoms with E-state index >= 15 is 0 Å². The van der Waals surface area contributed by atoms with E-state index in [0.29, 0.717) is 12.5 Å². The van der Waals surface area contributed by atoms with E-state index in [2.05, 4.69) is 39.9 Å². The number of ether oxygens (including phenoxy) is 1. The Morgan fingerprint density at radius 2 is 1.85 bits per heavy atom. The molecule has 0 bridgehead atoms. The van der Waals surface area contributed by atoms with Crippen LogP contribution in [0.1, 0.15) is 76.6 Å². The molecular weight excluding hydrogens is 250 g/mol. The van der Waals surface area contributed by atoms with E-state index in [1.807, 2.05) is 6.92 Å². The van der Waals surface area contributed by atoms with E-state index in [9.17, 15) is 0 Å². The molecule has 0 aliphatic heterocycles. The van der Waals surface area contributed by atoms with Gasteiger partial charge >= 0.3 is 0 Å². The number of nitrogens with zero attached hydrogens (tertiary/aromatic N) is 2. The Kier molecular flexibility index (Phi) is 6.93. The average molecular weight is 279 g/mol. The van der Waals surface area contributed by atoms with Gasteiger partial charge in [0.2, 0.25) is 0 Å². The largest absolute Gasteiger partial charge is 0.371 e. The normalized spacial score (nSPS) is 12.8. The lowest BCUT2D eigenvalue weighted by atomic mass is 10.0. The van der Waals surface area contributed by atoms with E-state index in [-0.39, 0.29) is 6.10 Å². The monoisotopic (exact) mass is 279 g/mol. The van der Waals surface area contributed by atoms with Gasteiger partial charge in [0.15, 0.2) is 5.82 Å². The number of aromatic nitrogens is 2. The van der Waals surface area contributed by atoms with Gasteiger partial charge in [-0.2, -0.15) is 0 Å². The maximum Gasteiger partial charge on any atom is 0.159 e. The molecule has 1 atom stereocenters. The molecule has 0 aromatic carbocycles. The molecule has 0 spiro atoms. The second-order valence-corrected chi connectivity index (χ2v) is 5.35. The molecule has 4 heteroatoms. The van der Waals surface area contributed by atoms with Gasteiger partial charge in [0, 0.05) is 24.4 Å². The first-order chi connectivity index (χ1) is 9.54. The summed E-state index contributed by atoms with van der Waals surface area (Å²) in [4.78, 5) is 9.43. The van der Waals surface area contributed by atoms with E-state index in [1.54, 1.807) is 0 Å². The fourth-order valence-corrected chi connectivity index (χ4v) is 2.49. The number of anilines is 1. The summed E-state index contributed by atoms with van der Waals surface area (Å²) < 4.78 is 5.80. The van der Waals surface area contributed by atoms with Crippen LogP contribution >= 0.6 is 0 Å². The molecule has 0 fully saturated rings. The maximum absolute atomic E-state index is 5.80. The van der Waals surface area contributed by atoms with E-state index in [1.165, 1.54) is 5.56 Å². The van der Waals surface area contributed by atoms with Gasteiger partial charge in [0.1, 0.15) is 11.9 Å². The Bertz CT molecular complexity index is 412. The third-order valence-electron chi connectivity index (χ3n) is 3.28. The molecule has 0 amide bonds. The Morgan fingerprint density at radius 1 is 1.15 bits per heavy atom. The summed E-state index contributed by atoms with van der Waals surface area (Å²) in [5.41, 5.74) is 2.27. The van der Waals surface area contributed by atoms with Gasteiger partial charge in [-0.3, -0.25) is 0 Å². The van der Waals surface area contributed by atoms with Crippen molar-refractivity contribution in [1.29, 1.82) is 0 Å². The van der Waals surface area contributed by atoms with Crippen molar-refractivity contribution in [2.45, 2.75) is 66.4 Å². The van der Waals surface area contributed by atoms with Gasteiger partial charge in [-0.25, -0.2) is 9.97 Å². The molecule has 1 heterocycles. The molecule has 4 nitrogen and oxygen atoms in total. The maximum atomic E-state index is 5.80. The summed E-state index contributed by atoms with van der Waals surface area (Å²) in [7, 11) is 0. The Morgan fingerprint density at radius 3 is 2.35 bits per heavy atom. The molecule has 0 aliphatic rings. The van der Waals surface area contributed by atoms with Crippen LogP contribution in [-0.2, 0) is 4.74 Å². The third kappa shape index (κ3) is 4.17. The van der Waals surface area contributed by atoms with Crippen molar-refractivity contribution >= 4 is 5.82 Å². The second kappa shape index (κ2) is 8.20. The highest BCUT2D eigenvalue weighted by Crippen LogP contribution is 2.28. The molecule has 1 N–H and O–H groups in total. The van der Waals surface area contributed by atoms with Crippen LogP contribution in [0.25, 0.3) is 0 Å². The highest BCUT2D eigenvalue weighted by Gasteiger charge is 2.19. The zero-order chi connectivity index (χ0) is 15.1. The van der Waals surface area contributed by atoms with Gasteiger partial charge < -0.3 is 10.1 Å². The van der Waals surface area contributed by atoms with Gasteiger partial charge in [-0.05, 0) is 33.1 Å². The van der Waals surface area contributed by atoms with Crippen LogP contribution < -0.4 is 5.32 Å². The van der Waals surface area contributed by atoms with Crippen LogP contribution in [0.3, 0.4) is 0 Å². The Balaban J connectivity index is 3.20. The SMILES string of the molecule is CCCC(OCC)c1nc(C)c(C(C)C)c(NCC)n1. The first-order valence-corrected chi connectivity index (χ1v) is 7.78. The molecule has 1 unspecified atom stereocenters. The highest BCUT2D eigenvalue weighted by molar-refractivity contribution is 5.48. The van der Waals surface area contributed by atoms with Crippen molar-refractivity contribution < 1.29 is 4.74 Å². The summed E-state index contributed by atoms with van der Waals surface area (Å²) in [6.45, 7) is 14.2. The number of hydrogen-bond acceptors (Lipinski definition) is 4. The average Bonchev–Trinajstić information content (AvgIpc) is 2.37. The Hall–Kier alpha value is -1.16. The van der Waals surface area contributed by atoms with Crippen LogP contribution in [-0.4, -0.2) is 23.1 Å². The smallest absolute Gasteiger partial charge is 0.159 e. The quantitative estimate of drug-likeness (QED) is 0.774. The molecule has 1 rings (SSSR count). The predicted octanol–water partition coefficient (Wildman–Crippen LogP) is 4.22. The van der Waals surface area contributed by atoms with Crippen molar-refractivity contribution in [3.8, 4) is 0 Å². The summed E-state index contributed by atoms with van der Waals surface area (Å²) >= 11 is 0. The lowest BCUT2D eigenvalue weighted by Gasteiger charge is -2.20. The van der Waals surface area contributed by atoms with Crippen molar-refractivity contribution in [2.24, 2.45) is 0 Å². The van der Waals surface area contributed by atoms with Crippen LogP contribution in [0.4, 0.5) is 5.82 Å². The van der Waals surface area contributed by atoms with Gasteiger partial charge in [0.05, 0.1) is 0 Å². The standard InChI is InChI=1S/C16H29N3O/c1-7-10-13(20-9-3)15-18-12(6)14(11(4)5)16(19-15)17-8-2/h11,13H,7-10H2,1-6H3,(H,17,18,19). The molecule has 0 radical (unpaired) electrons. The number of nitrogens with one attached hydrogen (secondary N) is 1. The summed E-state index contributed by atoms with van der Waals surface area (Å²) in [5.74, 6) is 2.19. The first-order valence-electron chi connectivity index (χ1n) is 7.78. The molecule has 0 saturated carbocycles. The number of hydrogen-bond donors (Lipinski definition) is 1. The summed E-state index contributed by atoms with van der Waals surface area (Å²) in [6.07, 6.45) is 2.03. The fraction of sp³-hybridized carbons (Fsp3) is 0.750. The number of aryl methyl sites for hydroxylation is 1. The van der Waals surface area contributed by atoms with Gasteiger partial charge in [0.25, 0.3) is 0 Å². The van der Waals surface area contributed by atoms with E-state index in [4.69, 9.17) is 14.7 Å². The summed E-state index contributed by atoms with van der Waals surface area (Å²) in [6, 6.07) is 0. The fourth-order valence-electron chi connectivity index (χ4n) is 2.49. The van der Waals surface area contributed by atoms with Crippen LogP contribution in [0.5, 0.6) is 0 Å². The lowest BCUT2D eigenvalue weighted by molar-refractivity contribution is 0.0493. The Labute approximate surface area is 123 Å². The van der Waals surface area contributed by atoms with Crippen molar-refractivity contribution in [3.63, 3.8) is 0 Å². The summed E-state index contributed by atoms with van der Waals surface area (Å²) in [5, 5.41) is 3.37. The third-order valence-corrected chi connectivity index (χ3v) is 3.28. The van der Waals surface area contributed by atoms with Gasteiger partial charge in [-0.15, -0.1) is 0 Å². The van der Waals surface area contributed by atoms with Crippen molar-refractivity contribution in [1.82, 2.24) is 9.97 Å². The lowest BCUT2D eigenvalue weighted by Crippen LogP contribution is -2.15. The molecule has 0 aliphatic carbocycles. The van der Waals surface area contributed by atoms with Crippen molar-refractivity contribution in [2.75, 3.05) is 18.5 Å². The van der Waals surface area contributed by atoms with Crippen LogP contribution in [0.2, 0.25) is 0 Å². The van der Waals surface area contributed by atoms with Crippen LogP contribution in [0.15, 0.2) is 0 Å². The minimum atomic E-state index is 0.00215. The first kappa shape index (κ1) is 16.9. The van der Waals surface area contributed by atoms with Crippen molar-refractivity contribution in [3.05, 3.63) is 17.1 Å². The van der Waals surface area contributed by atoms with Gasteiger partial charge in [-0.1, -0.05) is 27.2 Å². The zero-order valence-corrected chi connectivity index (χ0v) is 13.8. The topological polar surface area (TPSA) is 47.0 Å². The molecule has 20 heavy (non-hydrogen) atoms. The molecule has 114 valence electrons. The van der Waals surface area contributed by atoms with E-state index < -0.39 is 0 Å². The molecule has 0 saturated heterocycles. The number of rotatable bonds is 8. The van der Waals surface area contributed by atoms with Crippen LogP contribution in [0, 0.1) is 6.92 Å². The minimum Gasteiger partial charge on any atom is -0.371 e. The highest BCUT2D eigenvalue weighted by atomic mass is 16.5. The molecule has 1 aromatic heterocycles. The zero-order valence-electron chi connectivity index (χ0n) is 13.8. The molecule has 1 aromatic rings. The molecular formula is C16H29N3O.